The molecule has 1 saturated carbocycles. The molecule has 3 rings (SSSR count). The summed E-state index contributed by atoms with van der Waals surface area (Å²) in [6, 6.07) is 0.220. The van der Waals surface area contributed by atoms with Gasteiger partial charge in [-0.15, -0.1) is 11.3 Å². The van der Waals surface area contributed by atoms with Crippen molar-refractivity contribution in [3.63, 3.8) is 0 Å². The molecule has 1 aliphatic carbocycles. The van der Waals surface area contributed by atoms with Gasteiger partial charge >= 0.3 is 0 Å². The molecule has 1 unspecified atom stereocenters. The first-order chi connectivity index (χ1) is 8.58. The first-order valence-electron chi connectivity index (χ1n) is 6.30. The third kappa shape index (κ3) is 1.85. The second kappa shape index (κ2) is 4.13. The minimum Gasteiger partial charge on any atom is -0.397 e. The minimum atomic E-state index is -0.422. The number of thiophene rings is 1. The summed E-state index contributed by atoms with van der Waals surface area (Å²) in [5.41, 5.74) is 19.2. The first kappa shape index (κ1) is 11.8. The number of rotatable bonds is 3. The predicted octanol–water partition coefficient (Wildman–Crippen LogP) is 0.844. The van der Waals surface area contributed by atoms with Crippen LogP contribution in [0.4, 0.5) is 10.7 Å². The zero-order chi connectivity index (χ0) is 12.9. The molecule has 98 valence electrons. The van der Waals surface area contributed by atoms with E-state index in [0.29, 0.717) is 16.5 Å². The Morgan fingerprint density at radius 1 is 1.33 bits per heavy atom. The summed E-state index contributed by atoms with van der Waals surface area (Å²) >= 11 is 1.43. The molecule has 1 aromatic heterocycles. The van der Waals surface area contributed by atoms with Crippen LogP contribution in [0.3, 0.4) is 0 Å². The van der Waals surface area contributed by atoms with Crippen LogP contribution in [-0.2, 0) is 0 Å². The number of primary amides is 1. The molecule has 0 spiro atoms. The number of nitrogens with two attached hydrogens (primary N) is 3. The summed E-state index contributed by atoms with van der Waals surface area (Å²) in [5, 5.41) is 1.12. The van der Waals surface area contributed by atoms with Crippen LogP contribution in [-0.4, -0.2) is 25.0 Å². The number of carbonyl (C=O) groups is 1. The highest BCUT2D eigenvalue weighted by Crippen LogP contribution is 2.52. The van der Waals surface area contributed by atoms with Crippen molar-refractivity contribution in [2.45, 2.75) is 31.2 Å². The van der Waals surface area contributed by atoms with Crippen LogP contribution in [0.25, 0.3) is 0 Å². The van der Waals surface area contributed by atoms with Crippen LogP contribution in [0.1, 0.15) is 40.4 Å². The number of amides is 1. The highest BCUT2D eigenvalue weighted by Gasteiger charge is 2.35. The van der Waals surface area contributed by atoms with Crippen LogP contribution in [0.5, 0.6) is 0 Å². The highest BCUT2D eigenvalue weighted by atomic mass is 32.1. The van der Waals surface area contributed by atoms with E-state index in [2.05, 4.69) is 4.90 Å². The Bertz CT molecular complexity index is 495. The Hall–Kier alpha value is -1.27. The molecule has 2 heterocycles. The van der Waals surface area contributed by atoms with E-state index in [1.807, 2.05) is 0 Å². The van der Waals surface area contributed by atoms with E-state index in [9.17, 15) is 4.79 Å². The molecule has 0 bridgehead atoms. The van der Waals surface area contributed by atoms with E-state index in [4.69, 9.17) is 17.2 Å². The summed E-state index contributed by atoms with van der Waals surface area (Å²) < 4.78 is 0. The average molecular weight is 266 g/mol. The molecule has 1 saturated heterocycles. The maximum atomic E-state index is 11.4. The lowest BCUT2D eigenvalue weighted by Gasteiger charge is -2.18. The van der Waals surface area contributed by atoms with E-state index in [1.54, 1.807) is 0 Å². The van der Waals surface area contributed by atoms with Crippen molar-refractivity contribution < 1.29 is 4.79 Å². The fourth-order valence-electron chi connectivity index (χ4n) is 2.60. The molecule has 6 heteroatoms. The van der Waals surface area contributed by atoms with Crippen LogP contribution in [0.2, 0.25) is 0 Å². The second-order valence-electron chi connectivity index (χ2n) is 5.20. The van der Waals surface area contributed by atoms with Crippen LogP contribution >= 0.6 is 11.3 Å². The number of carbonyl (C=O) groups excluding carboxylic acids is 1. The van der Waals surface area contributed by atoms with Crippen molar-refractivity contribution in [1.82, 2.24) is 0 Å². The molecule has 2 fully saturated rings. The molecule has 6 N–H and O–H groups in total. The standard InChI is InChI=1S/C12H18N4OS/c13-7-3-4-16(5-7)12-8(6-1-2-6)9(14)10(18-12)11(15)17/h6-7H,1-5,13-14H2,(H2,15,17). The lowest BCUT2D eigenvalue weighted by Crippen LogP contribution is -2.26. The monoisotopic (exact) mass is 266 g/mol. The average Bonchev–Trinajstić information content (AvgIpc) is 2.95. The van der Waals surface area contributed by atoms with Gasteiger partial charge in [-0.2, -0.15) is 0 Å². The predicted molar refractivity (Wildman–Crippen MR) is 74.0 cm³/mol. The van der Waals surface area contributed by atoms with E-state index in [0.717, 1.165) is 42.9 Å². The van der Waals surface area contributed by atoms with Gasteiger partial charge in [0, 0.05) is 24.7 Å². The fraction of sp³-hybridized carbons (Fsp3) is 0.583. The van der Waals surface area contributed by atoms with Gasteiger partial charge in [-0.3, -0.25) is 4.79 Å². The van der Waals surface area contributed by atoms with Crippen molar-refractivity contribution in [1.29, 1.82) is 0 Å². The molecular formula is C12H18N4OS. The summed E-state index contributed by atoms with van der Waals surface area (Å²) in [6.45, 7) is 1.79. The van der Waals surface area contributed by atoms with Crippen LogP contribution in [0, 0.1) is 0 Å². The van der Waals surface area contributed by atoms with Crippen molar-refractivity contribution >= 4 is 27.9 Å². The Kier molecular flexibility index (Phi) is 2.71. The molecule has 18 heavy (non-hydrogen) atoms. The first-order valence-corrected chi connectivity index (χ1v) is 7.12. The van der Waals surface area contributed by atoms with Crippen molar-refractivity contribution in [3.8, 4) is 0 Å². The summed E-state index contributed by atoms with van der Waals surface area (Å²) in [7, 11) is 0. The SMILES string of the molecule is NC(=O)c1sc(N2CCC(N)C2)c(C2CC2)c1N. The van der Waals surface area contributed by atoms with Gasteiger partial charge in [0.05, 0.1) is 10.7 Å². The van der Waals surface area contributed by atoms with Gasteiger partial charge in [-0.05, 0) is 25.2 Å². The van der Waals surface area contributed by atoms with E-state index < -0.39 is 5.91 Å². The largest absolute Gasteiger partial charge is 0.397 e. The van der Waals surface area contributed by atoms with Crippen molar-refractivity contribution in [2.75, 3.05) is 23.7 Å². The molecule has 2 aliphatic rings. The summed E-state index contributed by atoms with van der Waals surface area (Å²) in [4.78, 5) is 14.2. The van der Waals surface area contributed by atoms with Gasteiger partial charge in [-0.25, -0.2) is 0 Å². The maximum Gasteiger partial charge on any atom is 0.260 e. The van der Waals surface area contributed by atoms with Gasteiger partial charge in [0.15, 0.2) is 0 Å². The van der Waals surface area contributed by atoms with Gasteiger partial charge in [0.2, 0.25) is 0 Å². The number of hydrogen-bond donors (Lipinski definition) is 3. The van der Waals surface area contributed by atoms with E-state index in [1.165, 1.54) is 11.3 Å². The number of nitrogen functional groups attached to an aromatic ring is 1. The summed E-state index contributed by atoms with van der Waals surface area (Å²) in [5.74, 6) is 0.0929. The molecule has 0 aromatic carbocycles. The lowest BCUT2D eigenvalue weighted by atomic mass is 10.1. The van der Waals surface area contributed by atoms with Gasteiger partial charge in [-0.1, -0.05) is 0 Å². The van der Waals surface area contributed by atoms with Crippen molar-refractivity contribution in [3.05, 3.63) is 10.4 Å². The zero-order valence-corrected chi connectivity index (χ0v) is 11.0. The Morgan fingerprint density at radius 3 is 2.56 bits per heavy atom. The molecule has 1 aromatic rings. The Balaban J connectivity index is 2.01. The molecule has 1 atom stereocenters. The van der Waals surface area contributed by atoms with Gasteiger partial charge < -0.3 is 22.1 Å². The normalized spacial score (nSPS) is 23.6. The number of anilines is 2. The Labute approximate surface area is 110 Å². The number of nitrogens with zero attached hydrogens (tertiary/aromatic N) is 1. The molecule has 1 amide bonds. The molecule has 1 aliphatic heterocycles. The topological polar surface area (TPSA) is 98.4 Å². The summed E-state index contributed by atoms with van der Waals surface area (Å²) in [6.07, 6.45) is 3.31. The minimum absolute atomic E-state index is 0.220. The third-order valence-corrected chi connectivity index (χ3v) is 4.98. The quantitative estimate of drug-likeness (QED) is 0.755. The Morgan fingerprint density at radius 2 is 2.06 bits per heavy atom. The maximum absolute atomic E-state index is 11.4. The zero-order valence-electron chi connectivity index (χ0n) is 10.2. The molecule has 5 nitrogen and oxygen atoms in total. The number of hydrogen-bond acceptors (Lipinski definition) is 5. The molecule has 0 radical (unpaired) electrons. The van der Waals surface area contributed by atoms with E-state index in [-0.39, 0.29) is 6.04 Å². The fourth-order valence-corrected chi connectivity index (χ4v) is 3.80. The van der Waals surface area contributed by atoms with Gasteiger partial charge in [0.25, 0.3) is 5.91 Å². The third-order valence-electron chi connectivity index (χ3n) is 3.69. The van der Waals surface area contributed by atoms with Crippen molar-refractivity contribution in [2.24, 2.45) is 11.5 Å². The van der Waals surface area contributed by atoms with Gasteiger partial charge in [0.1, 0.15) is 4.88 Å². The smallest absolute Gasteiger partial charge is 0.260 e. The highest BCUT2D eigenvalue weighted by molar-refractivity contribution is 7.18. The second-order valence-corrected chi connectivity index (χ2v) is 6.20. The van der Waals surface area contributed by atoms with E-state index >= 15 is 0 Å². The molecular weight excluding hydrogens is 248 g/mol. The van der Waals surface area contributed by atoms with Crippen LogP contribution < -0.4 is 22.1 Å². The van der Waals surface area contributed by atoms with Crippen LogP contribution in [0.15, 0.2) is 0 Å². The lowest BCUT2D eigenvalue weighted by molar-refractivity contribution is 0.100.